The highest BCUT2D eigenvalue weighted by atomic mass is 15.1. The average Bonchev–Trinajstić information content (AvgIpc) is 3.66. The Morgan fingerprint density at radius 1 is 0.260 bits per heavy atom. The molecule has 0 saturated heterocycles. The van der Waals surface area contributed by atoms with E-state index < -0.39 is 0 Å². The van der Waals surface area contributed by atoms with Gasteiger partial charge in [-0.3, -0.25) is 0 Å². The van der Waals surface area contributed by atoms with Crippen LogP contribution in [-0.2, 0) is 5.41 Å². The van der Waals surface area contributed by atoms with E-state index in [1.807, 2.05) is 0 Å². The summed E-state index contributed by atoms with van der Waals surface area (Å²) in [5.74, 6) is 0. The quantitative estimate of drug-likeness (QED) is 0.182. The van der Waals surface area contributed by atoms with E-state index in [0.29, 0.717) is 0 Å². The first-order chi connectivity index (χ1) is 24.8. The number of nitrogens with zero attached hydrogens (tertiary/aromatic N) is 1. The van der Waals surface area contributed by atoms with Gasteiger partial charge < -0.3 is 4.90 Å². The van der Waals surface area contributed by atoms with Gasteiger partial charge in [0.1, 0.15) is 0 Å². The number of anilines is 3. The number of benzene rings is 8. The molecule has 0 N–H and O–H groups in total. The van der Waals surface area contributed by atoms with E-state index >= 15 is 0 Å². The molecule has 0 atom stereocenters. The molecule has 1 nitrogen and oxygen atoms in total. The van der Waals surface area contributed by atoms with Crippen molar-refractivity contribution in [3.63, 3.8) is 0 Å². The third-order valence-electron chi connectivity index (χ3n) is 10.7. The van der Waals surface area contributed by atoms with Crippen molar-refractivity contribution in [3.05, 3.63) is 222 Å². The highest BCUT2D eigenvalue weighted by Gasteiger charge is 2.51. The minimum absolute atomic E-state index is 0.354. The van der Waals surface area contributed by atoms with E-state index in [9.17, 15) is 0 Å². The summed E-state index contributed by atoms with van der Waals surface area (Å²) in [5.41, 5.74) is 18.5. The van der Waals surface area contributed by atoms with Gasteiger partial charge in [-0.05, 0) is 103 Å². The molecule has 1 heteroatoms. The van der Waals surface area contributed by atoms with Crippen LogP contribution in [0.4, 0.5) is 17.1 Å². The lowest BCUT2D eigenvalue weighted by atomic mass is 9.70. The van der Waals surface area contributed by atoms with Gasteiger partial charge in [-0.2, -0.15) is 0 Å². The molecule has 2 aliphatic rings. The zero-order valence-corrected chi connectivity index (χ0v) is 27.5. The lowest BCUT2D eigenvalue weighted by Gasteiger charge is -2.31. The predicted molar refractivity (Wildman–Crippen MR) is 208 cm³/mol. The summed E-state index contributed by atoms with van der Waals surface area (Å²) in [6, 6.07) is 73.3. The highest BCUT2D eigenvalue weighted by molar-refractivity contribution is 5.96. The van der Waals surface area contributed by atoms with Gasteiger partial charge in [0.25, 0.3) is 0 Å². The predicted octanol–water partition coefficient (Wildman–Crippen LogP) is 12.8. The van der Waals surface area contributed by atoms with Crippen LogP contribution in [0.15, 0.2) is 200 Å². The molecule has 0 amide bonds. The summed E-state index contributed by atoms with van der Waals surface area (Å²) >= 11 is 0. The maximum absolute atomic E-state index is 2.42. The van der Waals surface area contributed by atoms with E-state index in [1.54, 1.807) is 0 Å². The summed E-state index contributed by atoms with van der Waals surface area (Å²) in [5, 5.41) is 0. The van der Waals surface area contributed by atoms with E-state index in [0.717, 1.165) is 17.1 Å². The van der Waals surface area contributed by atoms with Gasteiger partial charge in [-0.25, -0.2) is 0 Å². The van der Waals surface area contributed by atoms with E-state index in [2.05, 4.69) is 205 Å². The number of rotatable bonds is 5. The van der Waals surface area contributed by atoms with Gasteiger partial charge in [0, 0.05) is 17.1 Å². The molecular weight excluding hydrogens is 603 g/mol. The second kappa shape index (κ2) is 11.3. The monoisotopic (exact) mass is 635 g/mol. The van der Waals surface area contributed by atoms with Crippen LogP contribution in [0.1, 0.15) is 22.3 Å². The van der Waals surface area contributed by atoms with Gasteiger partial charge in [0.2, 0.25) is 0 Å². The smallest absolute Gasteiger partial charge is 0.0725 e. The molecule has 0 radical (unpaired) electrons. The first kappa shape index (κ1) is 28.6. The number of hydrogen-bond donors (Lipinski definition) is 0. The average molecular weight is 636 g/mol. The minimum atomic E-state index is -0.354. The van der Waals surface area contributed by atoms with Gasteiger partial charge in [-0.15, -0.1) is 0 Å². The van der Waals surface area contributed by atoms with Crippen LogP contribution in [0, 0.1) is 0 Å². The van der Waals surface area contributed by atoms with Crippen LogP contribution in [0.3, 0.4) is 0 Å². The van der Waals surface area contributed by atoms with E-state index in [4.69, 9.17) is 0 Å². The molecule has 0 aliphatic heterocycles. The van der Waals surface area contributed by atoms with Crippen LogP contribution < -0.4 is 4.90 Å². The zero-order valence-electron chi connectivity index (χ0n) is 27.5. The molecular formula is C49H33N. The molecule has 0 aromatic heterocycles. The Morgan fingerprint density at radius 3 is 1.28 bits per heavy atom. The Hall–Kier alpha value is -6.44. The lowest BCUT2D eigenvalue weighted by molar-refractivity contribution is 0.794. The van der Waals surface area contributed by atoms with Crippen molar-refractivity contribution in [3.8, 4) is 44.5 Å². The SMILES string of the molecule is c1ccc(-c2ccc(N(c3cccc(-c4ccccc4)c3)c3ccc4c(c3)-c3ccccc3C43c4ccccc4-c4ccccc43)cc2)cc1. The minimum Gasteiger partial charge on any atom is -0.310 e. The van der Waals surface area contributed by atoms with Gasteiger partial charge >= 0.3 is 0 Å². The second-order valence-electron chi connectivity index (χ2n) is 13.3. The van der Waals surface area contributed by atoms with Crippen molar-refractivity contribution < 1.29 is 0 Å². The maximum Gasteiger partial charge on any atom is 0.0725 e. The van der Waals surface area contributed by atoms with Crippen LogP contribution in [-0.4, -0.2) is 0 Å². The first-order valence-electron chi connectivity index (χ1n) is 17.4. The van der Waals surface area contributed by atoms with Crippen LogP contribution in [0.25, 0.3) is 44.5 Å². The summed E-state index contributed by atoms with van der Waals surface area (Å²) in [4.78, 5) is 2.41. The molecule has 0 bridgehead atoms. The van der Waals surface area contributed by atoms with Crippen molar-refractivity contribution >= 4 is 17.1 Å². The Morgan fingerprint density at radius 2 is 0.680 bits per heavy atom. The third kappa shape index (κ3) is 4.20. The van der Waals surface area contributed by atoms with E-state index in [-0.39, 0.29) is 5.41 Å². The fourth-order valence-corrected chi connectivity index (χ4v) is 8.56. The maximum atomic E-state index is 2.42. The largest absolute Gasteiger partial charge is 0.310 e. The van der Waals surface area contributed by atoms with Crippen molar-refractivity contribution in [1.29, 1.82) is 0 Å². The normalized spacial score (nSPS) is 13.0. The van der Waals surface area contributed by atoms with Crippen LogP contribution in [0.2, 0.25) is 0 Å². The molecule has 8 aromatic carbocycles. The molecule has 2 aliphatic carbocycles. The van der Waals surface area contributed by atoms with Crippen molar-refractivity contribution in [2.75, 3.05) is 4.90 Å². The standard InChI is InChI=1S/C49H33N/c1-3-14-34(15-4-1)36-26-28-38(29-27-36)50(39-19-13-18-37(32-39)35-16-5-2-6-17-35)40-30-31-48-44(33-40)43-22-9-12-25-47(43)49(48)45-23-10-7-20-41(45)42-21-8-11-24-46(42)49/h1-33H. The molecule has 0 heterocycles. The number of fused-ring (bicyclic) bond motifs is 10. The van der Waals surface area contributed by atoms with Gasteiger partial charge in [-0.1, -0.05) is 164 Å². The Kier molecular flexibility index (Phi) is 6.47. The molecule has 8 aromatic rings. The summed E-state index contributed by atoms with van der Waals surface area (Å²) in [7, 11) is 0. The summed E-state index contributed by atoms with van der Waals surface area (Å²) < 4.78 is 0. The third-order valence-corrected chi connectivity index (χ3v) is 10.7. The molecule has 1 spiro atoms. The van der Waals surface area contributed by atoms with Crippen molar-refractivity contribution in [2.24, 2.45) is 0 Å². The highest BCUT2D eigenvalue weighted by Crippen LogP contribution is 2.63. The fourth-order valence-electron chi connectivity index (χ4n) is 8.56. The molecule has 0 unspecified atom stereocenters. The fraction of sp³-hybridized carbons (Fsp3) is 0.0204. The molecule has 234 valence electrons. The topological polar surface area (TPSA) is 3.24 Å². The number of hydrogen-bond acceptors (Lipinski definition) is 1. The van der Waals surface area contributed by atoms with Gasteiger partial charge in [0.05, 0.1) is 5.41 Å². The zero-order chi connectivity index (χ0) is 33.1. The molecule has 0 fully saturated rings. The van der Waals surface area contributed by atoms with Crippen molar-refractivity contribution in [1.82, 2.24) is 0 Å². The molecule has 10 rings (SSSR count). The van der Waals surface area contributed by atoms with Crippen LogP contribution in [0.5, 0.6) is 0 Å². The molecule has 0 saturated carbocycles. The summed E-state index contributed by atoms with van der Waals surface area (Å²) in [6.07, 6.45) is 0. The Balaban J connectivity index is 1.18. The van der Waals surface area contributed by atoms with Crippen LogP contribution >= 0.6 is 0 Å². The van der Waals surface area contributed by atoms with Gasteiger partial charge in [0.15, 0.2) is 0 Å². The Labute approximate surface area is 293 Å². The molecule has 50 heavy (non-hydrogen) atoms. The van der Waals surface area contributed by atoms with Crippen molar-refractivity contribution in [2.45, 2.75) is 5.41 Å². The second-order valence-corrected chi connectivity index (χ2v) is 13.3. The first-order valence-corrected chi connectivity index (χ1v) is 17.4. The summed E-state index contributed by atoms with van der Waals surface area (Å²) in [6.45, 7) is 0. The lowest BCUT2D eigenvalue weighted by Crippen LogP contribution is -2.25. The van der Waals surface area contributed by atoms with E-state index in [1.165, 1.54) is 66.8 Å². The Bertz CT molecular complexity index is 2480.